The molecule has 0 aromatic heterocycles. The summed E-state index contributed by atoms with van der Waals surface area (Å²) in [5.41, 5.74) is 4.26. The fraction of sp³-hybridized carbons (Fsp3) is 0.714. The summed E-state index contributed by atoms with van der Waals surface area (Å²) in [4.78, 5) is 0. The third-order valence-corrected chi connectivity index (χ3v) is 4.48. The molecule has 0 bridgehead atoms. The predicted molar refractivity (Wildman–Crippen MR) is 100 cm³/mol. The fourth-order valence-corrected chi connectivity index (χ4v) is 3.13. The van der Waals surface area contributed by atoms with E-state index in [-0.39, 0.29) is 0 Å². The zero-order valence-electron chi connectivity index (χ0n) is 15.2. The van der Waals surface area contributed by atoms with E-state index in [9.17, 15) is 0 Å². The highest BCUT2D eigenvalue weighted by Crippen LogP contribution is 2.18. The molecule has 0 fully saturated rings. The number of unbranched alkanes of at least 4 members (excludes halogenated alkanes) is 6. The van der Waals surface area contributed by atoms with Crippen molar-refractivity contribution in [2.45, 2.75) is 77.0 Å². The summed E-state index contributed by atoms with van der Waals surface area (Å²) >= 11 is 0. The highest BCUT2D eigenvalue weighted by atomic mass is 16.3. The molecule has 0 aliphatic carbocycles. The standard InChI is InChI=1S/C21H36O3/c22-13-7-1-4-10-19-16-20(11-5-2-8-14-23)18-21(17-19)12-6-3-9-15-24/h16-18,22-24H,1-15H2. The first kappa shape index (κ1) is 21.1. The average Bonchev–Trinajstić information content (AvgIpc) is 2.59. The number of rotatable bonds is 15. The molecule has 0 heterocycles. The quantitative estimate of drug-likeness (QED) is 0.427. The van der Waals surface area contributed by atoms with Gasteiger partial charge in [-0.3, -0.25) is 0 Å². The second kappa shape index (κ2) is 14.4. The maximum Gasteiger partial charge on any atom is 0.0431 e. The van der Waals surface area contributed by atoms with Crippen molar-refractivity contribution in [3.8, 4) is 0 Å². The summed E-state index contributed by atoms with van der Waals surface area (Å²) in [5.74, 6) is 0. The molecule has 3 nitrogen and oxygen atoms in total. The van der Waals surface area contributed by atoms with Gasteiger partial charge >= 0.3 is 0 Å². The molecule has 0 saturated carbocycles. The minimum atomic E-state index is 0.293. The lowest BCUT2D eigenvalue weighted by molar-refractivity contribution is 0.283. The molecule has 0 atom stereocenters. The maximum absolute atomic E-state index is 8.90. The van der Waals surface area contributed by atoms with Crippen LogP contribution in [-0.2, 0) is 19.3 Å². The first-order chi connectivity index (χ1) is 11.8. The SMILES string of the molecule is OCCCCCc1cc(CCCCCO)cc(CCCCCO)c1. The van der Waals surface area contributed by atoms with E-state index in [4.69, 9.17) is 15.3 Å². The van der Waals surface area contributed by atoms with Gasteiger partial charge in [-0.1, -0.05) is 37.5 Å². The van der Waals surface area contributed by atoms with Crippen LogP contribution in [0.1, 0.15) is 74.5 Å². The summed E-state index contributed by atoms with van der Waals surface area (Å²) in [5, 5.41) is 26.7. The molecule has 1 rings (SSSR count). The van der Waals surface area contributed by atoms with E-state index in [0.717, 1.165) is 77.0 Å². The van der Waals surface area contributed by atoms with Gasteiger partial charge < -0.3 is 15.3 Å². The lowest BCUT2D eigenvalue weighted by Crippen LogP contribution is -1.97. The third kappa shape index (κ3) is 10.1. The molecule has 3 heteroatoms. The van der Waals surface area contributed by atoms with E-state index in [2.05, 4.69) is 18.2 Å². The van der Waals surface area contributed by atoms with E-state index < -0.39 is 0 Å². The van der Waals surface area contributed by atoms with Crippen molar-refractivity contribution in [3.05, 3.63) is 34.9 Å². The Hall–Kier alpha value is -0.900. The fourth-order valence-electron chi connectivity index (χ4n) is 3.13. The number of hydrogen-bond donors (Lipinski definition) is 3. The van der Waals surface area contributed by atoms with Crippen molar-refractivity contribution in [3.63, 3.8) is 0 Å². The Kier molecular flexibility index (Phi) is 12.7. The van der Waals surface area contributed by atoms with Crippen LogP contribution in [0.5, 0.6) is 0 Å². The summed E-state index contributed by atoms with van der Waals surface area (Å²) in [7, 11) is 0. The van der Waals surface area contributed by atoms with Crippen molar-refractivity contribution in [2.24, 2.45) is 0 Å². The number of aliphatic hydroxyl groups is 3. The Bertz CT molecular complexity index is 343. The van der Waals surface area contributed by atoms with E-state index in [0.29, 0.717) is 19.8 Å². The molecule has 0 saturated heterocycles. The van der Waals surface area contributed by atoms with Crippen LogP contribution in [-0.4, -0.2) is 35.1 Å². The van der Waals surface area contributed by atoms with Gasteiger partial charge in [-0.2, -0.15) is 0 Å². The zero-order valence-corrected chi connectivity index (χ0v) is 15.2. The summed E-state index contributed by atoms with van der Waals surface area (Å²) in [6.45, 7) is 0.878. The topological polar surface area (TPSA) is 60.7 Å². The van der Waals surface area contributed by atoms with Gasteiger partial charge in [-0.05, 0) is 74.5 Å². The Labute approximate surface area is 147 Å². The summed E-state index contributed by atoms with van der Waals surface area (Å²) < 4.78 is 0. The Balaban J connectivity index is 2.58. The van der Waals surface area contributed by atoms with Crippen molar-refractivity contribution in [2.75, 3.05) is 19.8 Å². The van der Waals surface area contributed by atoms with Gasteiger partial charge in [0, 0.05) is 19.8 Å². The maximum atomic E-state index is 8.90. The van der Waals surface area contributed by atoms with Crippen LogP contribution in [0.15, 0.2) is 18.2 Å². The van der Waals surface area contributed by atoms with Gasteiger partial charge in [-0.15, -0.1) is 0 Å². The number of hydrogen-bond acceptors (Lipinski definition) is 3. The summed E-state index contributed by atoms with van der Waals surface area (Å²) in [6.07, 6.45) is 12.6. The van der Waals surface area contributed by atoms with Gasteiger partial charge in [0.25, 0.3) is 0 Å². The Morgan fingerprint density at radius 2 is 0.708 bits per heavy atom. The molecule has 24 heavy (non-hydrogen) atoms. The molecule has 0 unspecified atom stereocenters. The highest BCUT2D eigenvalue weighted by Gasteiger charge is 2.03. The van der Waals surface area contributed by atoms with Gasteiger partial charge in [0.15, 0.2) is 0 Å². The van der Waals surface area contributed by atoms with Crippen molar-refractivity contribution in [1.29, 1.82) is 0 Å². The molecule has 0 aliphatic heterocycles. The normalized spacial score (nSPS) is 11.1. The van der Waals surface area contributed by atoms with Gasteiger partial charge in [-0.25, -0.2) is 0 Å². The second-order valence-corrected chi connectivity index (χ2v) is 6.76. The molecule has 138 valence electrons. The van der Waals surface area contributed by atoms with Crippen molar-refractivity contribution in [1.82, 2.24) is 0 Å². The molecule has 0 spiro atoms. The molecule has 0 amide bonds. The lowest BCUT2D eigenvalue weighted by Gasteiger charge is -2.10. The van der Waals surface area contributed by atoms with Crippen LogP contribution in [0, 0.1) is 0 Å². The second-order valence-electron chi connectivity index (χ2n) is 6.76. The van der Waals surface area contributed by atoms with Gasteiger partial charge in [0.1, 0.15) is 0 Å². The van der Waals surface area contributed by atoms with Crippen molar-refractivity contribution < 1.29 is 15.3 Å². The van der Waals surface area contributed by atoms with E-state index >= 15 is 0 Å². The molecular weight excluding hydrogens is 300 g/mol. The molecule has 3 N–H and O–H groups in total. The molecular formula is C21H36O3. The average molecular weight is 337 g/mol. The lowest BCUT2D eigenvalue weighted by atomic mass is 9.95. The van der Waals surface area contributed by atoms with Crippen LogP contribution in [0.4, 0.5) is 0 Å². The molecule has 0 aliphatic rings. The van der Waals surface area contributed by atoms with Crippen molar-refractivity contribution >= 4 is 0 Å². The predicted octanol–water partition coefficient (Wildman–Crippen LogP) is 3.80. The number of aryl methyl sites for hydroxylation is 3. The highest BCUT2D eigenvalue weighted by molar-refractivity contribution is 5.30. The van der Waals surface area contributed by atoms with E-state index in [1.54, 1.807) is 0 Å². The van der Waals surface area contributed by atoms with Crippen LogP contribution in [0.3, 0.4) is 0 Å². The molecule has 0 radical (unpaired) electrons. The number of aliphatic hydroxyl groups excluding tert-OH is 3. The summed E-state index contributed by atoms with van der Waals surface area (Å²) in [6, 6.07) is 7.03. The van der Waals surface area contributed by atoms with E-state index in [1.165, 1.54) is 16.7 Å². The molecule has 1 aromatic rings. The largest absolute Gasteiger partial charge is 0.396 e. The van der Waals surface area contributed by atoms with Crippen LogP contribution >= 0.6 is 0 Å². The van der Waals surface area contributed by atoms with E-state index in [1.807, 2.05) is 0 Å². The first-order valence-electron chi connectivity index (χ1n) is 9.74. The van der Waals surface area contributed by atoms with Crippen LogP contribution in [0.25, 0.3) is 0 Å². The van der Waals surface area contributed by atoms with Crippen LogP contribution in [0.2, 0.25) is 0 Å². The minimum absolute atomic E-state index is 0.293. The molecule has 1 aromatic carbocycles. The smallest absolute Gasteiger partial charge is 0.0431 e. The monoisotopic (exact) mass is 336 g/mol. The number of benzene rings is 1. The third-order valence-electron chi connectivity index (χ3n) is 4.48. The van der Waals surface area contributed by atoms with Gasteiger partial charge in [0.05, 0.1) is 0 Å². The van der Waals surface area contributed by atoms with Gasteiger partial charge in [0.2, 0.25) is 0 Å². The Morgan fingerprint density at radius 3 is 0.958 bits per heavy atom. The Morgan fingerprint density at radius 1 is 0.417 bits per heavy atom. The minimum Gasteiger partial charge on any atom is -0.396 e. The van der Waals surface area contributed by atoms with Crippen LogP contribution < -0.4 is 0 Å². The first-order valence-corrected chi connectivity index (χ1v) is 9.74. The zero-order chi connectivity index (χ0) is 17.5.